The van der Waals surface area contributed by atoms with Gasteiger partial charge in [-0.3, -0.25) is 10.1 Å². The van der Waals surface area contributed by atoms with Gasteiger partial charge in [0.1, 0.15) is 17.2 Å². The largest absolute Gasteiger partial charge is 0.455 e. The van der Waals surface area contributed by atoms with Gasteiger partial charge in [-0.2, -0.15) is 11.3 Å². The van der Waals surface area contributed by atoms with Crippen molar-refractivity contribution in [1.82, 2.24) is 4.98 Å². The van der Waals surface area contributed by atoms with Crippen LogP contribution >= 0.6 is 22.7 Å². The van der Waals surface area contributed by atoms with Crippen molar-refractivity contribution >= 4 is 34.3 Å². The first-order valence-corrected chi connectivity index (χ1v) is 8.76. The molecule has 0 aliphatic rings. The van der Waals surface area contributed by atoms with Crippen LogP contribution in [0.3, 0.4) is 0 Å². The second-order valence-corrected chi connectivity index (χ2v) is 6.60. The lowest BCUT2D eigenvalue weighted by Gasteiger charge is -2.06. The Balaban J connectivity index is 1.74. The fourth-order valence-corrected chi connectivity index (χ4v) is 3.69. The molecule has 0 radical (unpaired) electrons. The highest BCUT2D eigenvalue weighted by atomic mass is 32.1. The zero-order valence-corrected chi connectivity index (χ0v) is 14.2. The lowest BCUT2D eigenvalue weighted by molar-refractivity contribution is -0.385. The number of benzene rings is 1. The molecular formula is C16H12N2O4S2. The number of aryl methyl sites for hydroxylation is 1. The van der Waals surface area contributed by atoms with E-state index in [4.69, 9.17) is 4.74 Å². The van der Waals surface area contributed by atoms with Crippen molar-refractivity contribution < 1.29 is 14.5 Å². The van der Waals surface area contributed by atoms with Gasteiger partial charge >= 0.3 is 5.97 Å². The minimum Gasteiger partial charge on any atom is -0.455 e. The standard InChI is InChI=1S/C16H12N2O4S2/c1-10-3-2-4-13(18(20)21)14(10)16(19)22-7-12-9-24-15(17-12)11-5-6-23-8-11/h2-6,8-9H,7H2,1H3. The number of carbonyl (C=O) groups excluding carboxylic acids is 1. The highest BCUT2D eigenvalue weighted by Crippen LogP contribution is 2.27. The maximum absolute atomic E-state index is 12.3. The smallest absolute Gasteiger partial charge is 0.345 e. The molecule has 2 heterocycles. The fraction of sp³-hybridized carbons (Fsp3) is 0.125. The van der Waals surface area contributed by atoms with Crippen LogP contribution in [0.15, 0.2) is 40.4 Å². The molecule has 0 saturated heterocycles. The predicted octanol–water partition coefficient (Wildman–Crippen LogP) is 4.45. The summed E-state index contributed by atoms with van der Waals surface area (Å²) in [6.07, 6.45) is 0. The summed E-state index contributed by atoms with van der Waals surface area (Å²) in [6, 6.07) is 6.44. The van der Waals surface area contributed by atoms with Crippen molar-refractivity contribution in [3.63, 3.8) is 0 Å². The number of nitrogens with zero attached hydrogens (tertiary/aromatic N) is 2. The number of rotatable bonds is 5. The van der Waals surface area contributed by atoms with Gasteiger partial charge in [-0.1, -0.05) is 12.1 Å². The van der Waals surface area contributed by atoms with E-state index in [0.717, 1.165) is 10.6 Å². The molecule has 8 heteroatoms. The average molecular weight is 360 g/mol. The molecular weight excluding hydrogens is 348 g/mol. The van der Waals surface area contributed by atoms with Crippen LogP contribution in [0, 0.1) is 17.0 Å². The zero-order valence-electron chi connectivity index (χ0n) is 12.6. The van der Waals surface area contributed by atoms with E-state index in [1.807, 2.05) is 22.2 Å². The number of nitro groups is 1. The van der Waals surface area contributed by atoms with Crippen LogP contribution in [0.25, 0.3) is 10.6 Å². The third-order valence-electron chi connectivity index (χ3n) is 3.32. The molecule has 2 aromatic heterocycles. The molecule has 0 spiro atoms. The van der Waals surface area contributed by atoms with Crippen molar-refractivity contribution in [2.45, 2.75) is 13.5 Å². The van der Waals surface area contributed by atoms with Crippen LogP contribution in [0.5, 0.6) is 0 Å². The Kier molecular flexibility index (Phi) is 4.68. The van der Waals surface area contributed by atoms with E-state index in [-0.39, 0.29) is 17.9 Å². The predicted molar refractivity (Wildman–Crippen MR) is 92.4 cm³/mol. The quantitative estimate of drug-likeness (QED) is 0.381. The number of aromatic nitrogens is 1. The molecule has 0 bridgehead atoms. The molecule has 122 valence electrons. The molecule has 0 saturated carbocycles. The van der Waals surface area contributed by atoms with Gasteiger partial charge in [0.05, 0.1) is 10.6 Å². The highest BCUT2D eigenvalue weighted by Gasteiger charge is 2.23. The Morgan fingerprint density at radius 3 is 2.88 bits per heavy atom. The Hall–Kier alpha value is -2.58. The molecule has 0 N–H and O–H groups in total. The van der Waals surface area contributed by atoms with E-state index in [9.17, 15) is 14.9 Å². The number of esters is 1. The third-order valence-corrected chi connectivity index (χ3v) is 4.95. The van der Waals surface area contributed by atoms with Gasteiger partial charge in [0.2, 0.25) is 0 Å². The lowest BCUT2D eigenvalue weighted by atomic mass is 10.1. The number of hydrogen-bond acceptors (Lipinski definition) is 7. The Morgan fingerprint density at radius 2 is 2.17 bits per heavy atom. The first kappa shape index (κ1) is 16.3. The van der Waals surface area contributed by atoms with Crippen LogP contribution in [0.1, 0.15) is 21.6 Å². The monoisotopic (exact) mass is 360 g/mol. The molecule has 24 heavy (non-hydrogen) atoms. The molecule has 0 fully saturated rings. The van der Waals surface area contributed by atoms with Crippen LogP contribution in [-0.4, -0.2) is 15.9 Å². The maximum atomic E-state index is 12.3. The first-order chi connectivity index (χ1) is 11.6. The van der Waals surface area contributed by atoms with Gasteiger partial charge in [0.25, 0.3) is 5.69 Å². The second kappa shape index (κ2) is 6.90. The normalized spacial score (nSPS) is 10.5. The van der Waals surface area contributed by atoms with Crippen molar-refractivity contribution in [3.8, 4) is 10.6 Å². The van der Waals surface area contributed by atoms with Crippen molar-refractivity contribution in [2.24, 2.45) is 0 Å². The Bertz CT molecular complexity index is 887. The number of carbonyl (C=O) groups is 1. The van der Waals surface area contributed by atoms with Crippen LogP contribution < -0.4 is 0 Å². The summed E-state index contributed by atoms with van der Waals surface area (Å²) in [4.78, 5) is 27.2. The van der Waals surface area contributed by atoms with E-state index in [0.29, 0.717) is 11.3 Å². The van der Waals surface area contributed by atoms with Gasteiger partial charge in [-0.15, -0.1) is 11.3 Å². The molecule has 0 amide bonds. The van der Waals surface area contributed by atoms with E-state index >= 15 is 0 Å². The fourth-order valence-electron chi connectivity index (χ4n) is 2.17. The molecule has 6 nitrogen and oxygen atoms in total. The topological polar surface area (TPSA) is 82.3 Å². The Labute approximate surface area is 145 Å². The van der Waals surface area contributed by atoms with E-state index in [1.165, 1.54) is 23.5 Å². The number of thiophene rings is 1. The summed E-state index contributed by atoms with van der Waals surface area (Å²) >= 11 is 3.04. The zero-order chi connectivity index (χ0) is 17.1. The number of hydrogen-bond donors (Lipinski definition) is 0. The maximum Gasteiger partial charge on any atom is 0.345 e. The molecule has 0 unspecified atom stereocenters. The molecule has 0 atom stereocenters. The van der Waals surface area contributed by atoms with Gasteiger partial charge < -0.3 is 4.74 Å². The highest BCUT2D eigenvalue weighted by molar-refractivity contribution is 7.14. The van der Waals surface area contributed by atoms with Gasteiger partial charge in [0.15, 0.2) is 0 Å². The van der Waals surface area contributed by atoms with Crippen LogP contribution in [0.4, 0.5) is 5.69 Å². The summed E-state index contributed by atoms with van der Waals surface area (Å²) in [7, 11) is 0. The van der Waals surface area contributed by atoms with Gasteiger partial charge in [0, 0.05) is 22.4 Å². The summed E-state index contributed by atoms with van der Waals surface area (Å²) in [5, 5.41) is 17.7. The van der Waals surface area contributed by atoms with E-state index < -0.39 is 10.9 Å². The van der Waals surface area contributed by atoms with Gasteiger partial charge in [-0.05, 0) is 23.9 Å². The molecule has 3 rings (SSSR count). The first-order valence-electron chi connectivity index (χ1n) is 6.94. The van der Waals surface area contributed by atoms with E-state index in [1.54, 1.807) is 24.3 Å². The van der Waals surface area contributed by atoms with Crippen molar-refractivity contribution in [1.29, 1.82) is 0 Å². The summed E-state index contributed by atoms with van der Waals surface area (Å²) < 4.78 is 5.22. The van der Waals surface area contributed by atoms with Crippen LogP contribution in [0.2, 0.25) is 0 Å². The Morgan fingerprint density at radius 1 is 1.33 bits per heavy atom. The molecule has 1 aromatic carbocycles. The summed E-state index contributed by atoms with van der Waals surface area (Å²) in [5.41, 5.74) is 1.88. The SMILES string of the molecule is Cc1cccc([N+](=O)[O-])c1C(=O)OCc1csc(-c2ccsc2)n1. The van der Waals surface area contributed by atoms with Crippen LogP contribution in [-0.2, 0) is 11.3 Å². The number of thiazole rings is 1. The second-order valence-electron chi connectivity index (χ2n) is 4.96. The lowest BCUT2D eigenvalue weighted by Crippen LogP contribution is -2.10. The summed E-state index contributed by atoms with van der Waals surface area (Å²) in [5.74, 6) is -0.718. The molecule has 0 aliphatic carbocycles. The van der Waals surface area contributed by atoms with Crippen molar-refractivity contribution in [2.75, 3.05) is 0 Å². The third kappa shape index (κ3) is 3.34. The van der Waals surface area contributed by atoms with Crippen molar-refractivity contribution in [3.05, 3.63) is 67.3 Å². The van der Waals surface area contributed by atoms with E-state index in [2.05, 4.69) is 4.98 Å². The minimum atomic E-state index is -0.718. The summed E-state index contributed by atoms with van der Waals surface area (Å²) in [6.45, 7) is 1.62. The van der Waals surface area contributed by atoms with Gasteiger partial charge in [-0.25, -0.2) is 9.78 Å². The minimum absolute atomic E-state index is 0.0178. The molecule has 3 aromatic rings. The average Bonchev–Trinajstić information content (AvgIpc) is 3.23. The number of nitro benzene ring substituents is 1. The molecule has 0 aliphatic heterocycles. The number of ether oxygens (including phenoxy) is 1.